The van der Waals surface area contributed by atoms with E-state index in [0.717, 1.165) is 27.5 Å². The van der Waals surface area contributed by atoms with E-state index in [1.807, 2.05) is 48.5 Å². The Hall–Kier alpha value is -1.98. The lowest BCUT2D eigenvalue weighted by Gasteiger charge is -2.09. The van der Waals surface area contributed by atoms with Crippen LogP contribution in [-0.2, 0) is 17.0 Å². The van der Waals surface area contributed by atoms with E-state index in [9.17, 15) is 4.79 Å². The molecule has 0 aromatic heterocycles. The van der Waals surface area contributed by atoms with E-state index in [1.165, 1.54) is 0 Å². The molecule has 0 fully saturated rings. The van der Waals surface area contributed by atoms with E-state index < -0.39 is 0 Å². The first-order valence-electron chi connectivity index (χ1n) is 6.23. The summed E-state index contributed by atoms with van der Waals surface area (Å²) in [5.74, 6) is 5.73. The maximum Gasteiger partial charge on any atom is 0.238 e. The third-order valence-corrected chi connectivity index (χ3v) is 3.93. The summed E-state index contributed by atoms with van der Waals surface area (Å²) in [6, 6.07) is 15.6. The highest BCUT2D eigenvalue weighted by atomic mass is 32.2. The van der Waals surface area contributed by atoms with Gasteiger partial charge in [0.05, 0.1) is 6.42 Å². The average molecular weight is 287 g/mol. The smallest absolute Gasteiger partial charge is 0.238 e. The number of rotatable bonds is 5. The number of nitrogen functional groups attached to an aromatic ring is 1. The lowest BCUT2D eigenvalue weighted by Crippen LogP contribution is -2.31. The highest BCUT2D eigenvalue weighted by Crippen LogP contribution is 2.25. The fourth-order valence-electron chi connectivity index (χ4n) is 1.86. The summed E-state index contributed by atoms with van der Waals surface area (Å²) in [7, 11) is 0. The van der Waals surface area contributed by atoms with Crippen LogP contribution in [0.5, 0.6) is 0 Å². The van der Waals surface area contributed by atoms with Crippen molar-refractivity contribution in [1.29, 1.82) is 0 Å². The molecule has 0 saturated carbocycles. The van der Waals surface area contributed by atoms with E-state index in [2.05, 4.69) is 5.43 Å². The Labute approximate surface area is 122 Å². The maximum atomic E-state index is 11.4. The van der Waals surface area contributed by atoms with Crippen LogP contribution in [0.2, 0.25) is 0 Å². The predicted octanol–water partition coefficient (Wildman–Crippen LogP) is 2.09. The van der Waals surface area contributed by atoms with Crippen LogP contribution in [0, 0.1) is 0 Å². The maximum absolute atomic E-state index is 11.4. The van der Waals surface area contributed by atoms with Crippen LogP contribution in [0.1, 0.15) is 11.1 Å². The summed E-state index contributed by atoms with van der Waals surface area (Å²) in [4.78, 5) is 12.5. The number of thioether (sulfide) groups is 1. The third-order valence-electron chi connectivity index (χ3n) is 2.88. The van der Waals surface area contributed by atoms with Crippen molar-refractivity contribution in [2.75, 3.05) is 5.73 Å². The van der Waals surface area contributed by atoms with Crippen LogP contribution in [-0.4, -0.2) is 5.91 Å². The van der Waals surface area contributed by atoms with Gasteiger partial charge in [-0.05, 0) is 29.3 Å². The second kappa shape index (κ2) is 6.98. The monoisotopic (exact) mass is 287 g/mol. The molecule has 0 saturated heterocycles. The van der Waals surface area contributed by atoms with E-state index >= 15 is 0 Å². The van der Waals surface area contributed by atoms with Gasteiger partial charge < -0.3 is 5.73 Å². The Balaban J connectivity index is 2.07. The summed E-state index contributed by atoms with van der Waals surface area (Å²) in [5, 5.41) is 0. The first-order valence-corrected chi connectivity index (χ1v) is 7.22. The molecule has 2 aromatic carbocycles. The quantitative estimate of drug-likeness (QED) is 0.259. The summed E-state index contributed by atoms with van der Waals surface area (Å²) in [6.45, 7) is 0. The number of carbonyl (C=O) groups is 1. The minimum Gasteiger partial charge on any atom is -0.399 e. The van der Waals surface area contributed by atoms with Crippen molar-refractivity contribution in [3.63, 3.8) is 0 Å². The van der Waals surface area contributed by atoms with Crippen molar-refractivity contribution in [1.82, 2.24) is 5.43 Å². The molecule has 0 unspecified atom stereocenters. The van der Waals surface area contributed by atoms with Crippen molar-refractivity contribution in [3.8, 4) is 0 Å². The Kier molecular flexibility index (Phi) is 5.03. The van der Waals surface area contributed by atoms with Crippen LogP contribution in [0.25, 0.3) is 0 Å². The zero-order valence-corrected chi connectivity index (χ0v) is 11.8. The zero-order chi connectivity index (χ0) is 14.4. The number of carbonyl (C=O) groups excluding carboxylic acids is 1. The second-order valence-corrected chi connectivity index (χ2v) is 5.42. The zero-order valence-electron chi connectivity index (χ0n) is 11.0. The molecule has 1 amide bonds. The van der Waals surface area contributed by atoms with Crippen molar-refractivity contribution in [2.45, 2.75) is 17.1 Å². The normalized spacial score (nSPS) is 10.2. The number of amides is 1. The minimum atomic E-state index is -0.189. The van der Waals surface area contributed by atoms with Crippen molar-refractivity contribution in [3.05, 3.63) is 59.7 Å². The van der Waals surface area contributed by atoms with Gasteiger partial charge in [0.15, 0.2) is 0 Å². The molecule has 104 valence electrons. The fraction of sp³-hybridized carbons (Fsp3) is 0.133. The Morgan fingerprint density at radius 1 is 1.10 bits per heavy atom. The topological polar surface area (TPSA) is 81.1 Å². The summed E-state index contributed by atoms with van der Waals surface area (Å²) in [6.07, 6.45) is 0.296. The SMILES string of the molecule is NNC(=O)Cc1ccccc1CSc1cccc(N)c1. The van der Waals surface area contributed by atoms with Crippen LogP contribution >= 0.6 is 11.8 Å². The Morgan fingerprint density at radius 2 is 1.85 bits per heavy atom. The summed E-state index contributed by atoms with van der Waals surface area (Å²) < 4.78 is 0. The molecule has 5 N–H and O–H groups in total. The predicted molar refractivity (Wildman–Crippen MR) is 82.9 cm³/mol. The molecule has 5 heteroatoms. The summed E-state index contributed by atoms with van der Waals surface area (Å²) >= 11 is 1.69. The number of hydrogen-bond acceptors (Lipinski definition) is 4. The number of anilines is 1. The summed E-state index contributed by atoms with van der Waals surface area (Å²) in [5.41, 5.74) is 10.8. The fourth-order valence-corrected chi connectivity index (χ4v) is 2.86. The second-order valence-electron chi connectivity index (χ2n) is 4.37. The molecule has 0 bridgehead atoms. The van der Waals surface area contributed by atoms with Gasteiger partial charge >= 0.3 is 0 Å². The van der Waals surface area contributed by atoms with Gasteiger partial charge in [-0.1, -0.05) is 30.3 Å². The number of hydrazine groups is 1. The number of benzene rings is 2. The van der Waals surface area contributed by atoms with E-state index in [1.54, 1.807) is 11.8 Å². The molecular weight excluding hydrogens is 270 g/mol. The number of nitrogens with one attached hydrogen (secondary N) is 1. The van der Waals surface area contributed by atoms with Crippen LogP contribution < -0.4 is 17.0 Å². The molecule has 4 nitrogen and oxygen atoms in total. The van der Waals surface area contributed by atoms with Gasteiger partial charge in [0.1, 0.15) is 0 Å². The lowest BCUT2D eigenvalue weighted by atomic mass is 10.1. The van der Waals surface area contributed by atoms with Crippen molar-refractivity contribution < 1.29 is 4.79 Å². The van der Waals surface area contributed by atoms with Crippen LogP contribution in [0.3, 0.4) is 0 Å². The molecule has 20 heavy (non-hydrogen) atoms. The van der Waals surface area contributed by atoms with E-state index in [-0.39, 0.29) is 5.91 Å². The van der Waals surface area contributed by atoms with Gasteiger partial charge in [-0.25, -0.2) is 5.84 Å². The van der Waals surface area contributed by atoms with Gasteiger partial charge in [0.25, 0.3) is 0 Å². The largest absolute Gasteiger partial charge is 0.399 e. The van der Waals surface area contributed by atoms with E-state index in [4.69, 9.17) is 11.6 Å². The first kappa shape index (κ1) is 14.4. The average Bonchev–Trinajstić information content (AvgIpc) is 2.46. The first-order chi connectivity index (χ1) is 9.69. The van der Waals surface area contributed by atoms with Gasteiger partial charge in [0.2, 0.25) is 5.91 Å². The molecule has 0 aliphatic heterocycles. The number of nitrogens with two attached hydrogens (primary N) is 2. The molecule has 0 aliphatic rings. The Morgan fingerprint density at radius 3 is 2.55 bits per heavy atom. The lowest BCUT2D eigenvalue weighted by molar-refractivity contribution is -0.120. The van der Waals surface area contributed by atoms with Gasteiger partial charge in [-0.3, -0.25) is 10.2 Å². The molecule has 2 rings (SSSR count). The van der Waals surface area contributed by atoms with Crippen LogP contribution in [0.15, 0.2) is 53.4 Å². The van der Waals surface area contributed by atoms with Crippen molar-refractivity contribution in [2.24, 2.45) is 5.84 Å². The molecule has 0 radical (unpaired) electrons. The molecular formula is C15H17N3OS. The van der Waals surface area contributed by atoms with Crippen molar-refractivity contribution >= 4 is 23.4 Å². The Bertz CT molecular complexity index is 601. The highest BCUT2D eigenvalue weighted by molar-refractivity contribution is 7.98. The minimum absolute atomic E-state index is 0.189. The third kappa shape index (κ3) is 4.01. The van der Waals surface area contributed by atoms with E-state index in [0.29, 0.717) is 6.42 Å². The van der Waals surface area contributed by atoms with Gasteiger partial charge in [-0.15, -0.1) is 11.8 Å². The molecule has 2 aromatic rings. The molecule has 0 spiro atoms. The number of hydrogen-bond donors (Lipinski definition) is 3. The molecule has 0 aliphatic carbocycles. The molecule has 0 heterocycles. The standard InChI is InChI=1S/C15H17N3OS/c16-13-6-3-7-14(9-13)20-10-12-5-2-1-4-11(12)8-15(19)18-17/h1-7,9H,8,10,16-17H2,(H,18,19). The van der Waals surface area contributed by atoms with Crippen LogP contribution in [0.4, 0.5) is 5.69 Å². The van der Waals surface area contributed by atoms with Gasteiger partial charge in [-0.2, -0.15) is 0 Å². The highest BCUT2D eigenvalue weighted by Gasteiger charge is 2.07. The molecule has 0 atom stereocenters. The van der Waals surface area contributed by atoms with Gasteiger partial charge in [0, 0.05) is 16.3 Å².